The van der Waals surface area contributed by atoms with Gasteiger partial charge >= 0.3 is 0 Å². The summed E-state index contributed by atoms with van der Waals surface area (Å²) in [6.45, 7) is 11.2. The van der Waals surface area contributed by atoms with Crippen LogP contribution in [0.5, 0.6) is 0 Å². The van der Waals surface area contributed by atoms with Gasteiger partial charge in [0.15, 0.2) is 5.65 Å². The van der Waals surface area contributed by atoms with Crippen molar-refractivity contribution in [3.05, 3.63) is 40.0 Å². The van der Waals surface area contributed by atoms with Crippen LogP contribution < -0.4 is 4.90 Å². The lowest BCUT2D eigenvalue weighted by Crippen LogP contribution is -2.23. The molecule has 23 heavy (non-hydrogen) atoms. The minimum atomic E-state index is 0.901. The summed E-state index contributed by atoms with van der Waals surface area (Å²) < 4.78 is 1.95. The van der Waals surface area contributed by atoms with Crippen LogP contribution in [-0.2, 0) is 6.42 Å². The van der Waals surface area contributed by atoms with Gasteiger partial charge in [-0.1, -0.05) is 0 Å². The first-order valence-corrected chi connectivity index (χ1v) is 7.93. The number of hydrogen-bond acceptors (Lipinski definition) is 4. The van der Waals surface area contributed by atoms with Crippen molar-refractivity contribution in [2.24, 2.45) is 0 Å². The van der Waals surface area contributed by atoms with E-state index in [1.165, 1.54) is 5.56 Å². The summed E-state index contributed by atoms with van der Waals surface area (Å²) in [5, 5.41) is 12.0. The molecular weight excluding hydrogens is 288 g/mol. The van der Waals surface area contributed by atoms with E-state index in [1.807, 2.05) is 25.3 Å². The van der Waals surface area contributed by atoms with Crippen LogP contribution in [0.1, 0.15) is 33.9 Å². The molecule has 0 aromatic carbocycles. The molecule has 0 radical (unpaired) electrons. The standard InChI is InChI=1S/C17H24N6/c1-10-9-16(23-17(18-10)11(2)12(3)21-23)22(6)8-7-15-13(4)19-20-14(15)5/h9H,7-8H2,1-6H3,(H,19,20). The van der Waals surface area contributed by atoms with Gasteiger partial charge in [-0.25, -0.2) is 4.98 Å². The van der Waals surface area contributed by atoms with Gasteiger partial charge in [0, 0.05) is 36.6 Å². The Bertz CT molecular complexity index is 838. The van der Waals surface area contributed by atoms with Gasteiger partial charge in [-0.2, -0.15) is 14.7 Å². The van der Waals surface area contributed by atoms with Crippen LogP contribution in [0.15, 0.2) is 6.07 Å². The van der Waals surface area contributed by atoms with Gasteiger partial charge in [0.1, 0.15) is 5.82 Å². The molecule has 0 aliphatic carbocycles. The van der Waals surface area contributed by atoms with Crippen LogP contribution in [0.3, 0.4) is 0 Å². The first kappa shape index (κ1) is 15.5. The number of nitrogens with one attached hydrogen (secondary N) is 1. The predicted molar refractivity (Wildman–Crippen MR) is 92.2 cm³/mol. The molecule has 0 bridgehead atoms. The number of aromatic nitrogens is 5. The molecule has 122 valence electrons. The van der Waals surface area contributed by atoms with Gasteiger partial charge in [0.2, 0.25) is 0 Å². The average Bonchev–Trinajstić information content (AvgIpc) is 2.97. The predicted octanol–water partition coefficient (Wildman–Crippen LogP) is 2.67. The maximum atomic E-state index is 4.65. The number of aromatic amines is 1. The Morgan fingerprint density at radius 3 is 2.52 bits per heavy atom. The summed E-state index contributed by atoms with van der Waals surface area (Å²) in [5.74, 6) is 1.07. The lowest BCUT2D eigenvalue weighted by molar-refractivity contribution is 0.803. The lowest BCUT2D eigenvalue weighted by Gasteiger charge is -2.20. The molecule has 0 spiro atoms. The monoisotopic (exact) mass is 312 g/mol. The van der Waals surface area contributed by atoms with Crippen molar-refractivity contribution in [2.45, 2.75) is 41.0 Å². The third-order valence-electron chi connectivity index (χ3n) is 4.54. The topological polar surface area (TPSA) is 62.1 Å². The van der Waals surface area contributed by atoms with E-state index in [0.717, 1.165) is 52.8 Å². The van der Waals surface area contributed by atoms with Crippen LogP contribution in [0, 0.1) is 34.6 Å². The van der Waals surface area contributed by atoms with Crippen molar-refractivity contribution in [3.63, 3.8) is 0 Å². The number of aryl methyl sites for hydroxylation is 5. The molecule has 0 atom stereocenters. The minimum absolute atomic E-state index is 0.901. The molecule has 0 aliphatic rings. The molecule has 3 rings (SSSR count). The number of anilines is 1. The third-order valence-corrected chi connectivity index (χ3v) is 4.54. The van der Waals surface area contributed by atoms with Crippen LogP contribution >= 0.6 is 0 Å². The van der Waals surface area contributed by atoms with E-state index in [-0.39, 0.29) is 0 Å². The number of nitrogens with zero attached hydrogens (tertiary/aromatic N) is 5. The SMILES string of the molecule is Cc1cc(N(C)CCc2c(C)n[nH]c2C)n2nc(C)c(C)c2n1. The first-order valence-electron chi connectivity index (χ1n) is 7.93. The maximum absolute atomic E-state index is 4.65. The van der Waals surface area contributed by atoms with Crippen molar-refractivity contribution in [2.75, 3.05) is 18.5 Å². The lowest BCUT2D eigenvalue weighted by atomic mass is 10.1. The van der Waals surface area contributed by atoms with E-state index in [4.69, 9.17) is 0 Å². The molecular formula is C17H24N6. The van der Waals surface area contributed by atoms with Gasteiger partial charge < -0.3 is 4.90 Å². The molecule has 0 unspecified atom stereocenters. The zero-order chi connectivity index (χ0) is 16.7. The van der Waals surface area contributed by atoms with Crippen molar-refractivity contribution in [3.8, 4) is 0 Å². The summed E-state index contributed by atoms with van der Waals surface area (Å²) in [7, 11) is 2.10. The van der Waals surface area contributed by atoms with E-state index in [0.29, 0.717) is 0 Å². The minimum Gasteiger partial charge on any atom is -0.359 e. The normalized spacial score (nSPS) is 11.4. The number of rotatable bonds is 4. The molecule has 3 heterocycles. The summed E-state index contributed by atoms with van der Waals surface area (Å²) in [6.07, 6.45) is 0.951. The molecule has 0 saturated carbocycles. The van der Waals surface area contributed by atoms with Gasteiger partial charge in [0.25, 0.3) is 0 Å². The Morgan fingerprint density at radius 1 is 1.13 bits per heavy atom. The van der Waals surface area contributed by atoms with Crippen molar-refractivity contribution >= 4 is 11.5 Å². The fraction of sp³-hybridized carbons (Fsp3) is 0.471. The first-order chi connectivity index (χ1) is 10.9. The number of fused-ring (bicyclic) bond motifs is 1. The van der Waals surface area contributed by atoms with E-state index in [2.05, 4.69) is 52.1 Å². The summed E-state index contributed by atoms with van der Waals surface area (Å²) in [6, 6.07) is 2.09. The van der Waals surface area contributed by atoms with E-state index in [9.17, 15) is 0 Å². The average molecular weight is 312 g/mol. The molecule has 1 N–H and O–H groups in total. The highest BCUT2D eigenvalue weighted by molar-refractivity contribution is 5.56. The van der Waals surface area contributed by atoms with Crippen LogP contribution in [0.25, 0.3) is 5.65 Å². The second-order valence-electron chi connectivity index (χ2n) is 6.29. The summed E-state index contributed by atoms with van der Waals surface area (Å²) >= 11 is 0. The molecule has 0 aliphatic heterocycles. The van der Waals surface area contributed by atoms with Gasteiger partial charge in [-0.3, -0.25) is 5.10 Å². The van der Waals surface area contributed by atoms with Crippen molar-refractivity contribution < 1.29 is 0 Å². The zero-order valence-electron chi connectivity index (χ0n) is 14.7. The number of likely N-dealkylation sites (N-methyl/N-ethyl adjacent to an activating group) is 1. The van der Waals surface area contributed by atoms with E-state index in [1.54, 1.807) is 0 Å². The fourth-order valence-electron chi connectivity index (χ4n) is 2.94. The highest BCUT2D eigenvalue weighted by Gasteiger charge is 2.15. The van der Waals surface area contributed by atoms with E-state index >= 15 is 0 Å². The number of hydrogen-bond donors (Lipinski definition) is 1. The molecule has 6 nitrogen and oxygen atoms in total. The summed E-state index contributed by atoms with van der Waals surface area (Å²) in [5.41, 5.74) is 7.66. The quantitative estimate of drug-likeness (QED) is 0.804. The highest BCUT2D eigenvalue weighted by atomic mass is 15.3. The second kappa shape index (κ2) is 5.68. The zero-order valence-corrected chi connectivity index (χ0v) is 14.7. The largest absolute Gasteiger partial charge is 0.359 e. The van der Waals surface area contributed by atoms with E-state index < -0.39 is 0 Å². The van der Waals surface area contributed by atoms with Crippen molar-refractivity contribution in [1.29, 1.82) is 0 Å². The van der Waals surface area contributed by atoms with Gasteiger partial charge in [-0.15, -0.1) is 0 Å². The van der Waals surface area contributed by atoms with Crippen LogP contribution in [0.2, 0.25) is 0 Å². The Kier molecular flexibility index (Phi) is 3.83. The third kappa shape index (κ3) is 2.69. The van der Waals surface area contributed by atoms with Crippen molar-refractivity contribution in [1.82, 2.24) is 24.8 Å². The fourth-order valence-corrected chi connectivity index (χ4v) is 2.94. The Labute approximate surface area is 136 Å². The second-order valence-corrected chi connectivity index (χ2v) is 6.29. The summed E-state index contributed by atoms with van der Waals surface area (Å²) in [4.78, 5) is 6.87. The molecule has 0 fully saturated rings. The highest BCUT2D eigenvalue weighted by Crippen LogP contribution is 2.21. The Balaban J connectivity index is 1.92. The Morgan fingerprint density at radius 2 is 1.87 bits per heavy atom. The molecule has 0 amide bonds. The van der Waals surface area contributed by atoms with Gasteiger partial charge in [0.05, 0.1) is 11.4 Å². The van der Waals surface area contributed by atoms with Crippen LogP contribution in [0.4, 0.5) is 5.82 Å². The molecule has 6 heteroatoms. The maximum Gasteiger partial charge on any atom is 0.160 e. The Hall–Kier alpha value is -2.37. The molecule has 0 saturated heterocycles. The molecule has 3 aromatic rings. The smallest absolute Gasteiger partial charge is 0.160 e. The van der Waals surface area contributed by atoms with Gasteiger partial charge in [-0.05, 0) is 46.6 Å². The van der Waals surface area contributed by atoms with Crippen LogP contribution in [-0.4, -0.2) is 38.4 Å². The molecule has 3 aromatic heterocycles. The number of H-pyrrole nitrogens is 1.